The van der Waals surface area contributed by atoms with Crippen LogP contribution in [0.25, 0.3) is 0 Å². The first-order valence-electron chi connectivity index (χ1n) is 5.66. The van der Waals surface area contributed by atoms with Crippen LogP contribution >= 0.6 is 0 Å². The van der Waals surface area contributed by atoms with Crippen molar-refractivity contribution in [3.63, 3.8) is 0 Å². The van der Waals surface area contributed by atoms with Crippen molar-refractivity contribution in [1.29, 1.82) is 0 Å². The quantitative estimate of drug-likeness (QED) is 0.536. The maximum absolute atomic E-state index is 11.7. The molecule has 0 spiro atoms. The molecule has 0 aliphatic rings. The molecule has 0 amide bonds. The zero-order chi connectivity index (χ0) is 13.7. The molecule has 0 atom stereocenters. The summed E-state index contributed by atoms with van der Waals surface area (Å²) in [4.78, 5) is 23.4. The average molecular weight is 246 g/mol. The van der Waals surface area contributed by atoms with E-state index in [0.29, 0.717) is 0 Å². The largest absolute Gasteiger partial charge is 0.396 e. The Balaban J connectivity index is 4.54. The molecule has 5 nitrogen and oxygen atoms in total. The summed E-state index contributed by atoms with van der Waals surface area (Å²) in [5.74, 6) is -1.30. The van der Waals surface area contributed by atoms with Crippen molar-refractivity contribution in [2.24, 2.45) is 10.8 Å². The predicted molar refractivity (Wildman–Crippen MR) is 62.1 cm³/mol. The molecule has 0 aromatic rings. The van der Waals surface area contributed by atoms with E-state index in [-0.39, 0.29) is 26.1 Å². The number of carbonyl (C=O) groups is 2. The van der Waals surface area contributed by atoms with E-state index in [1.165, 1.54) is 0 Å². The van der Waals surface area contributed by atoms with Gasteiger partial charge in [0.25, 0.3) is 0 Å². The van der Waals surface area contributed by atoms with Gasteiger partial charge in [0.2, 0.25) is 0 Å². The summed E-state index contributed by atoms with van der Waals surface area (Å²) in [6, 6.07) is 0. The van der Waals surface area contributed by atoms with Crippen LogP contribution in [0.15, 0.2) is 0 Å². The van der Waals surface area contributed by atoms with Crippen molar-refractivity contribution >= 4 is 11.9 Å². The van der Waals surface area contributed by atoms with Crippen LogP contribution in [-0.4, -0.2) is 35.4 Å². The second kappa shape index (κ2) is 6.12. The summed E-state index contributed by atoms with van der Waals surface area (Å²) in [5.41, 5.74) is -1.78. The van der Waals surface area contributed by atoms with Gasteiger partial charge < -0.3 is 14.9 Å². The predicted octanol–water partition coefficient (Wildman–Crippen LogP) is 0.873. The Hall–Kier alpha value is -0.940. The molecule has 100 valence electrons. The number of ether oxygens (including phenoxy) is 1. The summed E-state index contributed by atoms with van der Waals surface area (Å²) in [6.45, 7) is 6.15. The van der Waals surface area contributed by atoms with E-state index >= 15 is 0 Å². The molecule has 0 aliphatic carbocycles. The first kappa shape index (κ1) is 16.1. The van der Waals surface area contributed by atoms with Crippen molar-refractivity contribution in [1.82, 2.24) is 0 Å². The summed E-state index contributed by atoms with van der Waals surface area (Å²) in [7, 11) is 0. The van der Waals surface area contributed by atoms with Gasteiger partial charge in [-0.1, -0.05) is 0 Å². The molecule has 0 saturated carbocycles. The zero-order valence-electron chi connectivity index (χ0n) is 10.9. The Morgan fingerprint density at radius 2 is 1.18 bits per heavy atom. The SMILES string of the molecule is CC(C)(CCO)C(=O)OC(=O)C(C)(C)CCO. The highest BCUT2D eigenvalue weighted by Gasteiger charge is 2.36. The molecule has 0 bridgehead atoms. The fraction of sp³-hybridized carbons (Fsp3) is 0.833. The van der Waals surface area contributed by atoms with Crippen LogP contribution in [0.1, 0.15) is 40.5 Å². The smallest absolute Gasteiger partial charge is 0.319 e. The number of hydrogen-bond donors (Lipinski definition) is 2. The minimum Gasteiger partial charge on any atom is -0.396 e. The van der Waals surface area contributed by atoms with E-state index in [2.05, 4.69) is 0 Å². The molecule has 0 fully saturated rings. The van der Waals surface area contributed by atoms with Gasteiger partial charge in [0.15, 0.2) is 0 Å². The molecule has 0 aromatic carbocycles. The highest BCUT2D eigenvalue weighted by Crippen LogP contribution is 2.26. The van der Waals surface area contributed by atoms with Crippen LogP contribution in [0.3, 0.4) is 0 Å². The fourth-order valence-electron chi connectivity index (χ4n) is 1.12. The molecule has 0 saturated heterocycles. The number of aliphatic hydroxyl groups excluding tert-OH is 2. The second-order valence-electron chi connectivity index (χ2n) is 5.39. The van der Waals surface area contributed by atoms with E-state index in [1.807, 2.05) is 0 Å². The fourth-order valence-corrected chi connectivity index (χ4v) is 1.12. The third-order valence-corrected chi connectivity index (χ3v) is 2.76. The molecule has 0 rings (SSSR count). The molecule has 0 unspecified atom stereocenters. The van der Waals surface area contributed by atoms with Crippen LogP contribution in [0.4, 0.5) is 0 Å². The van der Waals surface area contributed by atoms with Crippen LogP contribution in [0.2, 0.25) is 0 Å². The number of hydrogen-bond acceptors (Lipinski definition) is 5. The standard InChI is InChI=1S/C12H22O5/c1-11(2,5-7-13)9(15)17-10(16)12(3,4)6-8-14/h13-14H,5-8H2,1-4H3. The van der Waals surface area contributed by atoms with Gasteiger partial charge >= 0.3 is 11.9 Å². The Morgan fingerprint density at radius 1 is 0.882 bits per heavy atom. The van der Waals surface area contributed by atoms with Gasteiger partial charge in [0, 0.05) is 13.2 Å². The number of esters is 2. The number of rotatable bonds is 6. The van der Waals surface area contributed by atoms with E-state index < -0.39 is 22.8 Å². The van der Waals surface area contributed by atoms with Crippen LogP contribution in [0, 0.1) is 10.8 Å². The van der Waals surface area contributed by atoms with Crippen molar-refractivity contribution in [2.75, 3.05) is 13.2 Å². The van der Waals surface area contributed by atoms with Crippen molar-refractivity contribution in [3.05, 3.63) is 0 Å². The summed E-state index contributed by atoms with van der Waals surface area (Å²) in [6.07, 6.45) is 0.471. The maximum atomic E-state index is 11.7. The molecule has 0 aromatic heterocycles. The van der Waals surface area contributed by atoms with Gasteiger partial charge in [-0.05, 0) is 40.5 Å². The molecule has 17 heavy (non-hydrogen) atoms. The molecule has 0 heterocycles. The zero-order valence-corrected chi connectivity index (χ0v) is 10.9. The van der Waals surface area contributed by atoms with Crippen LogP contribution < -0.4 is 0 Å². The number of carbonyl (C=O) groups excluding carboxylic acids is 2. The molecular weight excluding hydrogens is 224 g/mol. The topological polar surface area (TPSA) is 83.8 Å². The van der Waals surface area contributed by atoms with E-state index in [9.17, 15) is 9.59 Å². The molecule has 0 radical (unpaired) electrons. The van der Waals surface area contributed by atoms with Crippen molar-refractivity contribution < 1.29 is 24.5 Å². The van der Waals surface area contributed by atoms with E-state index in [1.54, 1.807) is 27.7 Å². The van der Waals surface area contributed by atoms with Crippen molar-refractivity contribution in [2.45, 2.75) is 40.5 Å². The lowest BCUT2D eigenvalue weighted by Gasteiger charge is -2.25. The number of aliphatic hydroxyl groups is 2. The Labute approximate surface area is 102 Å². The highest BCUT2D eigenvalue weighted by molar-refractivity contribution is 5.90. The molecular formula is C12H22O5. The average Bonchev–Trinajstić information content (AvgIpc) is 2.17. The maximum Gasteiger partial charge on any atom is 0.319 e. The van der Waals surface area contributed by atoms with Gasteiger partial charge in [0.05, 0.1) is 10.8 Å². The first-order chi connectivity index (χ1) is 7.67. The third-order valence-electron chi connectivity index (χ3n) is 2.76. The van der Waals surface area contributed by atoms with Gasteiger partial charge in [0.1, 0.15) is 0 Å². The summed E-state index contributed by atoms with van der Waals surface area (Å²) >= 11 is 0. The first-order valence-corrected chi connectivity index (χ1v) is 5.66. The Morgan fingerprint density at radius 3 is 1.41 bits per heavy atom. The lowest BCUT2D eigenvalue weighted by molar-refractivity contribution is -0.173. The molecule has 5 heteroatoms. The van der Waals surface area contributed by atoms with Gasteiger partial charge in [-0.3, -0.25) is 9.59 Å². The van der Waals surface area contributed by atoms with E-state index in [0.717, 1.165) is 0 Å². The summed E-state index contributed by atoms with van der Waals surface area (Å²) in [5, 5.41) is 17.6. The summed E-state index contributed by atoms with van der Waals surface area (Å²) < 4.78 is 4.78. The minimum atomic E-state index is -0.889. The molecule has 0 aliphatic heterocycles. The normalized spacial score (nSPS) is 12.4. The van der Waals surface area contributed by atoms with Gasteiger partial charge in [-0.25, -0.2) is 0 Å². The Kier molecular flexibility index (Phi) is 5.78. The Bertz CT molecular complexity index is 253. The van der Waals surface area contributed by atoms with Crippen molar-refractivity contribution in [3.8, 4) is 0 Å². The van der Waals surface area contributed by atoms with E-state index in [4.69, 9.17) is 14.9 Å². The lowest BCUT2D eigenvalue weighted by atomic mass is 9.88. The minimum absolute atomic E-state index is 0.143. The lowest BCUT2D eigenvalue weighted by Crippen LogP contribution is -2.35. The van der Waals surface area contributed by atoms with Gasteiger partial charge in [-0.2, -0.15) is 0 Å². The molecule has 2 N–H and O–H groups in total. The monoisotopic (exact) mass is 246 g/mol. The van der Waals surface area contributed by atoms with Crippen LogP contribution in [0.5, 0.6) is 0 Å². The van der Waals surface area contributed by atoms with Crippen LogP contribution in [-0.2, 0) is 14.3 Å². The second-order valence-corrected chi connectivity index (χ2v) is 5.39. The van der Waals surface area contributed by atoms with Gasteiger partial charge in [-0.15, -0.1) is 0 Å². The highest BCUT2D eigenvalue weighted by atomic mass is 16.6. The third kappa shape index (κ3) is 4.83.